The Morgan fingerprint density at radius 2 is 1.88 bits per heavy atom. The van der Waals surface area contributed by atoms with Crippen LogP contribution in [-0.2, 0) is 0 Å². The molecule has 0 aromatic heterocycles. The molecule has 0 spiro atoms. The van der Waals surface area contributed by atoms with Crippen LogP contribution in [0.4, 0.5) is 0 Å². The second-order valence-corrected chi connectivity index (χ2v) is 2.10. The molecule has 0 aromatic carbocycles. The average molecular weight is 126 g/mol. The van der Waals surface area contributed by atoms with Crippen LogP contribution in [0.3, 0.4) is 0 Å². The van der Waals surface area contributed by atoms with E-state index in [0.29, 0.717) is 4.99 Å². The Labute approximate surface area is 53.3 Å². The molecule has 1 aliphatic rings. The lowest BCUT2D eigenvalue weighted by Crippen LogP contribution is -1.84. The first kappa shape index (κ1) is 5.56. The molecule has 0 N–H and O–H groups in total. The average Bonchev–Trinajstić information content (AvgIpc) is 1.98. The van der Waals surface area contributed by atoms with Crippen molar-refractivity contribution in [2.45, 2.75) is 13.8 Å². The van der Waals surface area contributed by atoms with Crippen molar-refractivity contribution in [2.24, 2.45) is 10.2 Å². The van der Waals surface area contributed by atoms with Crippen LogP contribution in [-0.4, -0.2) is 4.99 Å². The van der Waals surface area contributed by atoms with Crippen LogP contribution in [0.1, 0.15) is 13.8 Å². The monoisotopic (exact) mass is 126 g/mol. The predicted octanol–water partition coefficient (Wildman–Crippen LogP) is 2.07. The number of azo groups is 1. The highest BCUT2D eigenvalue weighted by Crippen LogP contribution is 2.15. The van der Waals surface area contributed by atoms with Gasteiger partial charge in [0.1, 0.15) is 0 Å². The predicted molar refractivity (Wildman–Crippen MR) is 35.8 cm³/mol. The Balaban J connectivity index is 3.02. The number of hydrogen-bond acceptors (Lipinski definition) is 2. The molecule has 0 amide bonds. The molecule has 0 unspecified atom stereocenters. The molecule has 2 nitrogen and oxygen atoms in total. The number of thiocarbonyl (C=S) groups is 1. The lowest BCUT2D eigenvalue weighted by Gasteiger charge is -1.84. The second kappa shape index (κ2) is 1.74. The lowest BCUT2D eigenvalue weighted by atomic mass is 10.3. The van der Waals surface area contributed by atoms with E-state index < -0.39 is 0 Å². The van der Waals surface area contributed by atoms with Gasteiger partial charge in [-0.1, -0.05) is 12.2 Å². The maximum Gasteiger partial charge on any atom is 0.153 e. The van der Waals surface area contributed by atoms with Gasteiger partial charge in [-0.15, -0.1) is 5.11 Å². The molecular weight excluding hydrogens is 120 g/mol. The van der Waals surface area contributed by atoms with Crippen LogP contribution in [0, 0.1) is 0 Å². The minimum Gasteiger partial charge on any atom is -0.154 e. The van der Waals surface area contributed by atoms with Crippen molar-refractivity contribution in [1.82, 2.24) is 0 Å². The van der Waals surface area contributed by atoms with Gasteiger partial charge in [-0.25, -0.2) is 0 Å². The van der Waals surface area contributed by atoms with E-state index in [9.17, 15) is 0 Å². The van der Waals surface area contributed by atoms with Crippen molar-refractivity contribution in [2.75, 3.05) is 0 Å². The standard InChI is InChI=1S/C5H6N2S/c1-3-4(2)6-7-5(3)8/h1-2H3. The summed E-state index contributed by atoms with van der Waals surface area (Å²) in [4.78, 5) is 0.627. The molecule has 0 aliphatic carbocycles. The maximum absolute atomic E-state index is 4.80. The minimum absolute atomic E-state index is 0.627. The van der Waals surface area contributed by atoms with Gasteiger partial charge < -0.3 is 0 Å². The zero-order valence-electron chi connectivity index (χ0n) is 4.80. The Hall–Kier alpha value is -0.570. The Morgan fingerprint density at radius 1 is 1.25 bits per heavy atom. The summed E-state index contributed by atoms with van der Waals surface area (Å²) in [5, 5.41) is 7.44. The van der Waals surface area contributed by atoms with Gasteiger partial charge in [0.2, 0.25) is 0 Å². The summed E-state index contributed by atoms with van der Waals surface area (Å²) in [6, 6.07) is 0. The SMILES string of the molecule is CC1=C(C)C(=S)N=N1. The minimum atomic E-state index is 0.627. The molecule has 0 saturated heterocycles. The molecule has 1 heterocycles. The van der Waals surface area contributed by atoms with Crippen molar-refractivity contribution < 1.29 is 0 Å². The molecular formula is C5H6N2S. The topological polar surface area (TPSA) is 24.7 Å². The Morgan fingerprint density at radius 3 is 2.00 bits per heavy atom. The quantitative estimate of drug-likeness (QED) is 0.456. The van der Waals surface area contributed by atoms with Gasteiger partial charge in [0.15, 0.2) is 4.99 Å². The zero-order chi connectivity index (χ0) is 6.15. The van der Waals surface area contributed by atoms with Crippen molar-refractivity contribution >= 4 is 17.2 Å². The van der Waals surface area contributed by atoms with Gasteiger partial charge in [0.05, 0.1) is 5.70 Å². The molecule has 0 atom stereocenters. The van der Waals surface area contributed by atoms with Crippen LogP contribution in [0.2, 0.25) is 0 Å². The lowest BCUT2D eigenvalue weighted by molar-refractivity contribution is 1.19. The van der Waals surface area contributed by atoms with E-state index in [1.54, 1.807) is 0 Å². The van der Waals surface area contributed by atoms with E-state index in [-0.39, 0.29) is 0 Å². The van der Waals surface area contributed by atoms with Crippen molar-refractivity contribution in [3.05, 3.63) is 11.3 Å². The fraction of sp³-hybridized carbons (Fsp3) is 0.400. The summed E-state index contributed by atoms with van der Waals surface area (Å²) in [7, 11) is 0. The van der Waals surface area contributed by atoms with Gasteiger partial charge in [0.25, 0.3) is 0 Å². The third-order valence-corrected chi connectivity index (χ3v) is 1.54. The normalized spacial score (nSPS) is 18.5. The first-order valence-electron chi connectivity index (χ1n) is 2.35. The van der Waals surface area contributed by atoms with Gasteiger partial charge in [-0.05, 0) is 13.8 Å². The van der Waals surface area contributed by atoms with Gasteiger partial charge >= 0.3 is 0 Å². The number of allylic oxidation sites excluding steroid dienone is 1. The van der Waals surface area contributed by atoms with E-state index in [4.69, 9.17) is 12.2 Å². The van der Waals surface area contributed by atoms with E-state index in [1.807, 2.05) is 13.8 Å². The van der Waals surface area contributed by atoms with Crippen LogP contribution in [0.25, 0.3) is 0 Å². The van der Waals surface area contributed by atoms with Crippen molar-refractivity contribution in [1.29, 1.82) is 0 Å². The fourth-order valence-corrected chi connectivity index (χ4v) is 0.614. The molecule has 1 rings (SSSR count). The summed E-state index contributed by atoms with van der Waals surface area (Å²) >= 11 is 4.80. The maximum atomic E-state index is 4.80. The Kier molecular flexibility index (Phi) is 1.21. The first-order chi connectivity index (χ1) is 3.72. The zero-order valence-corrected chi connectivity index (χ0v) is 5.62. The van der Waals surface area contributed by atoms with Crippen LogP contribution in [0.5, 0.6) is 0 Å². The highest BCUT2D eigenvalue weighted by atomic mass is 32.1. The summed E-state index contributed by atoms with van der Waals surface area (Å²) < 4.78 is 0. The van der Waals surface area contributed by atoms with Gasteiger partial charge in [-0.3, -0.25) is 0 Å². The highest BCUT2D eigenvalue weighted by Gasteiger charge is 2.07. The van der Waals surface area contributed by atoms with Gasteiger partial charge in [0, 0.05) is 5.57 Å². The summed E-state index contributed by atoms with van der Waals surface area (Å²) in [6.45, 7) is 3.83. The van der Waals surface area contributed by atoms with E-state index in [1.165, 1.54) is 0 Å². The number of hydrogen-bond donors (Lipinski definition) is 0. The van der Waals surface area contributed by atoms with E-state index >= 15 is 0 Å². The van der Waals surface area contributed by atoms with Crippen LogP contribution >= 0.6 is 12.2 Å². The molecule has 3 heteroatoms. The van der Waals surface area contributed by atoms with Crippen LogP contribution in [0.15, 0.2) is 21.5 Å². The molecule has 0 fully saturated rings. The smallest absolute Gasteiger partial charge is 0.153 e. The fourth-order valence-electron chi connectivity index (χ4n) is 0.425. The largest absolute Gasteiger partial charge is 0.154 e. The summed E-state index contributed by atoms with van der Waals surface area (Å²) in [5.74, 6) is 0. The Bertz CT molecular complexity index is 187. The molecule has 0 aromatic rings. The van der Waals surface area contributed by atoms with Crippen LogP contribution < -0.4 is 0 Å². The second-order valence-electron chi connectivity index (χ2n) is 1.72. The molecule has 42 valence electrons. The van der Waals surface area contributed by atoms with Crippen molar-refractivity contribution in [3.63, 3.8) is 0 Å². The molecule has 0 saturated carbocycles. The number of rotatable bonds is 0. The summed E-state index contributed by atoms with van der Waals surface area (Å²) in [5.41, 5.74) is 1.97. The highest BCUT2D eigenvalue weighted by molar-refractivity contribution is 7.80. The first-order valence-corrected chi connectivity index (χ1v) is 2.76. The summed E-state index contributed by atoms with van der Waals surface area (Å²) in [6.07, 6.45) is 0. The van der Waals surface area contributed by atoms with Gasteiger partial charge in [-0.2, -0.15) is 5.11 Å². The third-order valence-electron chi connectivity index (χ3n) is 1.15. The molecule has 8 heavy (non-hydrogen) atoms. The molecule has 0 bridgehead atoms. The van der Waals surface area contributed by atoms with Crippen molar-refractivity contribution in [3.8, 4) is 0 Å². The third kappa shape index (κ3) is 0.690. The van der Waals surface area contributed by atoms with E-state index in [0.717, 1.165) is 11.3 Å². The molecule has 1 aliphatic heterocycles. The van der Waals surface area contributed by atoms with E-state index in [2.05, 4.69) is 10.2 Å². The molecule has 0 radical (unpaired) electrons. The number of nitrogens with zero attached hydrogens (tertiary/aromatic N) is 2.